The van der Waals surface area contributed by atoms with Crippen LogP contribution in [0.15, 0.2) is 42.5 Å². The Labute approximate surface area is 126 Å². The van der Waals surface area contributed by atoms with E-state index in [4.69, 9.17) is 0 Å². The Morgan fingerprint density at radius 1 is 1.05 bits per heavy atom. The van der Waals surface area contributed by atoms with E-state index in [0.717, 1.165) is 24.2 Å². The zero-order valence-corrected chi connectivity index (χ0v) is 12.9. The second-order valence-corrected chi connectivity index (χ2v) is 5.84. The third kappa shape index (κ3) is 2.44. The van der Waals surface area contributed by atoms with Crippen molar-refractivity contribution in [3.63, 3.8) is 0 Å². The summed E-state index contributed by atoms with van der Waals surface area (Å²) in [5.74, 6) is 0.388. The van der Waals surface area contributed by atoms with Gasteiger partial charge in [-0.15, -0.1) is 0 Å². The number of benzene rings is 2. The van der Waals surface area contributed by atoms with Gasteiger partial charge in [0.15, 0.2) is 0 Å². The number of likely N-dealkylation sites (N-methyl/N-ethyl adjacent to an activating group) is 1. The summed E-state index contributed by atoms with van der Waals surface area (Å²) in [7, 11) is 2.13. The molecule has 21 heavy (non-hydrogen) atoms. The average Bonchev–Trinajstić information content (AvgIpc) is 2.47. The van der Waals surface area contributed by atoms with Gasteiger partial charge < -0.3 is 14.9 Å². The third-order valence-electron chi connectivity index (χ3n) is 4.38. The summed E-state index contributed by atoms with van der Waals surface area (Å²) >= 11 is 0. The average molecular weight is 282 g/mol. The van der Waals surface area contributed by atoms with Gasteiger partial charge in [-0.05, 0) is 37.6 Å². The molecule has 1 atom stereocenters. The number of nitrogens with zero attached hydrogens (tertiary/aromatic N) is 2. The van der Waals surface area contributed by atoms with Crippen molar-refractivity contribution in [3.05, 3.63) is 53.6 Å². The van der Waals surface area contributed by atoms with Gasteiger partial charge in [-0.2, -0.15) is 0 Å². The van der Waals surface area contributed by atoms with Crippen LogP contribution in [0.25, 0.3) is 0 Å². The van der Waals surface area contributed by atoms with Crippen molar-refractivity contribution in [2.24, 2.45) is 0 Å². The second kappa shape index (κ2) is 5.32. The number of phenols is 1. The molecule has 1 aliphatic heterocycles. The molecule has 2 aromatic rings. The summed E-state index contributed by atoms with van der Waals surface area (Å²) < 4.78 is 0. The van der Waals surface area contributed by atoms with Gasteiger partial charge in [-0.25, -0.2) is 0 Å². The number of rotatable bonds is 2. The van der Waals surface area contributed by atoms with E-state index in [9.17, 15) is 5.11 Å². The van der Waals surface area contributed by atoms with Crippen molar-refractivity contribution in [1.29, 1.82) is 0 Å². The Bertz CT molecular complexity index is 653. The van der Waals surface area contributed by atoms with Crippen LogP contribution in [-0.2, 0) is 0 Å². The van der Waals surface area contributed by atoms with Crippen molar-refractivity contribution >= 4 is 11.4 Å². The number of hydrogen-bond donors (Lipinski definition) is 1. The van der Waals surface area contributed by atoms with Crippen LogP contribution in [0.3, 0.4) is 0 Å². The van der Waals surface area contributed by atoms with E-state index >= 15 is 0 Å². The number of para-hydroxylation sites is 2. The molecule has 0 aliphatic carbocycles. The first-order chi connectivity index (χ1) is 10.1. The van der Waals surface area contributed by atoms with Gasteiger partial charge in [0.05, 0.1) is 17.4 Å². The number of phenolic OH excluding ortho intramolecular Hbond substituents is 1. The first-order valence-corrected chi connectivity index (χ1v) is 7.44. The number of hydrogen-bond acceptors (Lipinski definition) is 3. The molecule has 1 aliphatic rings. The second-order valence-electron chi connectivity index (χ2n) is 5.84. The van der Waals surface area contributed by atoms with Gasteiger partial charge >= 0.3 is 0 Å². The maximum atomic E-state index is 10.3. The fraction of sp³-hybridized carbons (Fsp3) is 0.333. The highest BCUT2D eigenvalue weighted by Gasteiger charge is 2.25. The Balaban J connectivity index is 1.99. The molecule has 0 saturated heterocycles. The third-order valence-corrected chi connectivity index (χ3v) is 4.38. The standard InChI is InChI=1S/C18H22N2O/c1-13-8-9-15(18(21)12-13)14(2)20-11-10-19(3)16-6-4-5-7-17(16)20/h4-9,12,14,21H,10-11H2,1-3H3. The Kier molecular flexibility index (Phi) is 3.50. The Morgan fingerprint density at radius 2 is 1.76 bits per heavy atom. The van der Waals surface area contributed by atoms with Crippen LogP contribution in [0, 0.1) is 6.92 Å². The lowest BCUT2D eigenvalue weighted by Crippen LogP contribution is -2.40. The van der Waals surface area contributed by atoms with E-state index in [-0.39, 0.29) is 6.04 Å². The fourth-order valence-corrected chi connectivity index (χ4v) is 3.11. The molecule has 110 valence electrons. The molecule has 3 rings (SSSR count). The maximum absolute atomic E-state index is 10.3. The van der Waals surface area contributed by atoms with Crippen molar-refractivity contribution in [2.45, 2.75) is 19.9 Å². The first kappa shape index (κ1) is 13.8. The molecule has 1 N–H and O–H groups in total. The summed E-state index contributed by atoms with van der Waals surface area (Å²) in [5.41, 5.74) is 4.56. The molecule has 1 heterocycles. The van der Waals surface area contributed by atoms with E-state index < -0.39 is 0 Å². The molecule has 3 nitrogen and oxygen atoms in total. The number of aromatic hydroxyl groups is 1. The van der Waals surface area contributed by atoms with Crippen LogP contribution in [0.2, 0.25) is 0 Å². The molecule has 0 radical (unpaired) electrons. The van der Waals surface area contributed by atoms with Crippen LogP contribution < -0.4 is 9.80 Å². The number of anilines is 2. The normalized spacial score (nSPS) is 15.8. The SMILES string of the molecule is Cc1ccc(C(C)N2CCN(C)c3ccccc32)c(O)c1. The fourth-order valence-electron chi connectivity index (χ4n) is 3.11. The molecular formula is C18H22N2O. The summed E-state index contributed by atoms with van der Waals surface area (Å²) in [6.45, 7) is 6.11. The zero-order chi connectivity index (χ0) is 15.0. The van der Waals surface area contributed by atoms with E-state index in [0.29, 0.717) is 5.75 Å². The van der Waals surface area contributed by atoms with E-state index in [1.54, 1.807) is 0 Å². The smallest absolute Gasteiger partial charge is 0.121 e. The highest BCUT2D eigenvalue weighted by atomic mass is 16.3. The molecule has 0 fully saturated rings. The Hall–Kier alpha value is -2.16. The molecule has 0 spiro atoms. The minimum Gasteiger partial charge on any atom is -0.508 e. The lowest BCUT2D eigenvalue weighted by Gasteiger charge is -2.40. The summed E-state index contributed by atoms with van der Waals surface area (Å²) in [4.78, 5) is 4.66. The van der Waals surface area contributed by atoms with Gasteiger partial charge in [-0.1, -0.05) is 24.3 Å². The van der Waals surface area contributed by atoms with Gasteiger partial charge in [0.2, 0.25) is 0 Å². The van der Waals surface area contributed by atoms with Crippen molar-refractivity contribution < 1.29 is 5.11 Å². The largest absolute Gasteiger partial charge is 0.508 e. The van der Waals surface area contributed by atoms with Gasteiger partial charge in [0.25, 0.3) is 0 Å². The zero-order valence-electron chi connectivity index (χ0n) is 12.9. The molecular weight excluding hydrogens is 260 g/mol. The minimum absolute atomic E-state index is 0.153. The molecule has 0 bridgehead atoms. The molecule has 3 heteroatoms. The van der Waals surface area contributed by atoms with Crippen LogP contribution in [0.1, 0.15) is 24.1 Å². The van der Waals surface area contributed by atoms with Gasteiger partial charge in [0, 0.05) is 25.7 Å². The van der Waals surface area contributed by atoms with Gasteiger partial charge in [-0.3, -0.25) is 0 Å². The minimum atomic E-state index is 0.153. The van der Waals surface area contributed by atoms with Crippen LogP contribution in [0.5, 0.6) is 5.75 Å². The van der Waals surface area contributed by atoms with Crippen molar-refractivity contribution in [2.75, 3.05) is 29.9 Å². The first-order valence-electron chi connectivity index (χ1n) is 7.44. The van der Waals surface area contributed by atoms with Gasteiger partial charge in [0.1, 0.15) is 5.75 Å². The van der Waals surface area contributed by atoms with E-state index in [2.05, 4.69) is 54.1 Å². The van der Waals surface area contributed by atoms with Crippen molar-refractivity contribution in [3.8, 4) is 5.75 Å². The quantitative estimate of drug-likeness (QED) is 0.909. The topological polar surface area (TPSA) is 26.7 Å². The molecule has 0 saturated carbocycles. The maximum Gasteiger partial charge on any atom is 0.121 e. The Morgan fingerprint density at radius 3 is 2.48 bits per heavy atom. The van der Waals surface area contributed by atoms with Crippen LogP contribution in [-0.4, -0.2) is 25.2 Å². The molecule has 0 amide bonds. The lowest BCUT2D eigenvalue weighted by atomic mass is 10.0. The highest BCUT2D eigenvalue weighted by Crippen LogP contribution is 2.39. The highest BCUT2D eigenvalue weighted by molar-refractivity contribution is 5.73. The summed E-state index contributed by atoms with van der Waals surface area (Å²) in [5, 5.41) is 10.3. The van der Waals surface area contributed by atoms with Crippen LogP contribution >= 0.6 is 0 Å². The monoisotopic (exact) mass is 282 g/mol. The van der Waals surface area contributed by atoms with E-state index in [1.165, 1.54) is 11.4 Å². The number of aryl methyl sites for hydroxylation is 1. The summed E-state index contributed by atoms with van der Waals surface area (Å²) in [6.07, 6.45) is 0. The molecule has 2 aromatic carbocycles. The van der Waals surface area contributed by atoms with E-state index in [1.807, 2.05) is 19.1 Å². The predicted molar refractivity (Wildman–Crippen MR) is 88.3 cm³/mol. The summed E-state index contributed by atoms with van der Waals surface area (Å²) in [6, 6.07) is 14.6. The molecule has 1 unspecified atom stereocenters. The van der Waals surface area contributed by atoms with Crippen molar-refractivity contribution in [1.82, 2.24) is 0 Å². The molecule has 0 aromatic heterocycles. The number of fused-ring (bicyclic) bond motifs is 1. The predicted octanol–water partition coefficient (Wildman–Crippen LogP) is 3.72. The lowest BCUT2D eigenvalue weighted by molar-refractivity contribution is 0.460. The van der Waals surface area contributed by atoms with Crippen LogP contribution in [0.4, 0.5) is 11.4 Å².